The van der Waals surface area contributed by atoms with Crippen LogP contribution in [0.25, 0.3) is 0 Å². The van der Waals surface area contributed by atoms with Gasteiger partial charge in [0.05, 0.1) is 28.6 Å². The SMILES string of the molecule is CCOC(=O)C1=C(C)NC(SCC(=O)Nc2ccccc2Cl)=N[C@H]1c1cccs1. The van der Waals surface area contributed by atoms with Gasteiger partial charge in [-0.2, -0.15) is 0 Å². The van der Waals surface area contributed by atoms with Gasteiger partial charge in [0, 0.05) is 10.6 Å². The zero-order chi connectivity index (χ0) is 20.8. The van der Waals surface area contributed by atoms with Crippen LogP contribution in [0.1, 0.15) is 24.8 Å². The van der Waals surface area contributed by atoms with E-state index in [2.05, 4.69) is 15.6 Å². The predicted molar refractivity (Wildman–Crippen MR) is 120 cm³/mol. The maximum atomic E-state index is 12.5. The van der Waals surface area contributed by atoms with Gasteiger partial charge in [0.15, 0.2) is 5.17 Å². The van der Waals surface area contributed by atoms with Gasteiger partial charge in [0.25, 0.3) is 0 Å². The molecular weight excluding hydrogens is 430 g/mol. The topological polar surface area (TPSA) is 79.8 Å². The van der Waals surface area contributed by atoms with Gasteiger partial charge in [-0.05, 0) is 37.4 Å². The van der Waals surface area contributed by atoms with E-state index in [4.69, 9.17) is 16.3 Å². The van der Waals surface area contributed by atoms with Crippen molar-refractivity contribution in [3.8, 4) is 0 Å². The van der Waals surface area contributed by atoms with E-state index in [1.54, 1.807) is 31.2 Å². The molecule has 3 rings (SSSR count). The summed E-state index contributed by atoms with van der Waals surface area (Å²) in [6.45, 7) is 3.87. The van der Waals surface area contributed by atoms with E-state index in [1.807, 2.05) is 24.4 Å². The molecular formula is C20H20ClN3O3S2. The van der Waals surface area contributed by atoms with E-state index in [0.29, 0.717) is 33.8 Å². The summed E-state index contributed by atoms with van der Waals surface area (Å²) in [5.74, 6) is -0.436. The molecule has 1 aliphatic rings. The zero-order valence-electron chi connectivity index (χ0n) is 15.9. The number of hydrogen-bond acceptors (Lipinski definition) is 7. The monoisotopic (exact) mass is 449 g/mol. The Hall–Kier alpha value is -2.29. The molecule has 1 aromatic heterocycles. The van der Waals surface area contributed by atoms with Crippen molar-refractivity contribution in [3.63, 3.8) is 0 Å². The van der Waals surface area contributed by atoms with Gasteiger partial charge in [0.2, 0.25) is 5.91 Å². The van der Waals surface area contributed by atoms with E-state index in [1.165, 1.54) is 23.1 Å². The molecule has 1 aliphatic heterocycles. The highest BCUT2D eigenvalue weighted by atomic mass is 35.5. The largest absolute Gasteiger partial charge is 0.463 e. The molecule has 0 unspecified atom stereocenters. The number of carbonyl (C=O) groups is 2. The lowest BCUT2D eigenvalue weighted by molar-refractivity contribution is -0.139. The third-order valence-electron chi connectivity index (χ3n) is 4.01. The number of nitrogens with zero attached hydrogens (tertiary/aromatic N) is 1. The van der Waals surface area contributed by atoms with Crippen molar-refractivity contribution in [1.82, 2.24) is 5.32 Å². The van der Waals surface area contributed by atoms with Crippen molar-refractivity contribution in [3.05, 3.63) is 62.9 Å². The second-order valence-corrected chi connectivity index (χ2v) is 8.40. The second kappa shape index (κ2) is 9.96. The van der Waals surface area contributed by atoms with Crippen molar-refractivity contribution < 1.29 is 14.3 Å². The number of hydrogen-bond donors (Lipinski definition) is 2. The molecule has 2 N–H and O–H groups in total. The van der Waals surface area contributed by atoms with Crippen LogP contribution in [0.4, 0.5) is 5.69 Å². The quantitative estimate of drug-likeness (QED) is 0.629. The number of aliphatic imine (C=N–C) groups is 1. The molecule has 0 fully saturated rings. The van der Waals surface area contributed by atoms with Gasteiger partial charge in [-0.3, -0.25) is 4.79 Å². The molecule has 1 atom stereocenters. The van der Waals surface area contributed by atoms with E-state index in [9.17, 15) is 9.59 Å². The summed E-state index contributed by atoms with van der Waals surface area (Å²) in [7, 11) is 0. The summed E-state index contributed by atoms with van der Waals surface area (Å²) in [5.41, 5.74) is 1.72. The first-order valence-corrected chi connectivity index (χ1v) is 11.2. The maximum absolute atomic E-state index is 12.5. The second-order valence-electron chi connectivity index (χ2n) is 6.05. The van der Waals surface area contributed by atoms with Gasteiger partial charge >= 0.3 is 5.97 Å². The highest BCUT2D eigenvalue weighted by Gasteiger charge is 2.31. The Morgan fingerprint density at radius 3 is 2.79 bits per heavy atom. The number of halogens is 1. The smallest absolute Gasteiger partial charge is 0.338 e. The molecule has 29 heavy (non-hydrogen) atoms. The van der Waals surface area contributed by atoms with Crippen LogP contribution < -0.4 is 10.6 Å². The standard InChI is InChI=1S/C20H20ClN3O3S2/c1-3-27-19(26)17-12(2)22-20(24-18(17)15-9-6-10-28-15)29-11-16(25)23-14-8-5-4-7-13(14)21/h4-10,18H,3,11H2,1-2H3,(H,22,24)(H,23,25)/t18-/m0/s1. The minimum Gasteiger partial charge on any atom is -0.463 e. The number of anilines is 1. The lowest BCUT2D eigenvalue weighted by atomic mass is 10.0. The number of ether oxygens (including phenoxy) is 1. The molecule has 0 saturated carbocycles. The van der Waals surface area contributed by atoms with Gasteiger partial charge in [-0.1, -0.05) is 41.6 Å². The Morgan fingerprint density at radius 1 is 1.31 bits per heavy atom. The zero-order valence-corrected chi connectivity index (χ0v) is 18.3. The van der Waals surface area contributed by atoms with Gasteiger partial charge in [-0.15, -0.1) is 11.3 Å². The van der Waals surface area contributed by atoms with Crippen LogP contribution in [0.2, 0.25) is 5.02 Å². The first-order chi connectivity index (χ1) is 14.0. The number of para-hydroxylation sites is 1. The maximum Gasteiger partial charge on any atom is 0.338 e. The van der Waals surface area contributed by atoms with Crippen molar-refractivity contribution in [2.75, 3.05) is 17.7 Å². The number of esters is 1. The Bertz CT molecular complexity index is 958. The average Bonchev–Trinajstić information content (AvgIpc) is 3.22. The molecule has 9 heteroatoms. The summed E-state index contributed by atoms with van der Waals surface area (Å²) in [6.07, 6.45) is 0. The third-order valence-corrected chi connectivity index (χ3v) is 6.16. The third kappa shape index (κ3) is 5.41. The molecule has 0 radical (unpaired) electrons. The fourth-order valence-corrected chi connectivity index (χ4v) is 4.43. The van der Waals surface area contributed by atoms with E-state index < -0.39 is 6.04 Å². The molecule has 1 aromatic carbocycles. The minimum atomic E-state index is -0.454. The Morgan fingerprint density at radius 2 is 2.10 bits per heavy atom. The molecule has 0 aliphatic carbocycles. The highest BCUT2D eigenvalue weighted by molar-refractivity contribution is 8.14. The Balaban J connectivity index is 1.72. The highest BCUT2D eigenvalue weighted by Crippen LogP contribution is 2.35. The summed E-state index contributed by atoms with van der Waals surface area (Å²) >= 11 is 8.86. The normalized spacial score (nSPS) is 16.1. The number of nitrogens with one attached hydrogen (secondary N) is 2. The first-order valence-electron chi connectivity index (χ1n) is 8.93. The Kier molecular flexibility index (Phi) is 7.35. The van der Waals surface area contributed by atoms with Crippen LogP contribution in [0.3, 0.4) is 0 Å². The van der Waals surface area contributed by atoms with Crippen molar-refractivity contribution in [2.24, 2.45) is 4.99 Å². The molecule has 2 aromatic rings. The van der Waals surface area contributed by atoms with Crippen LogP contribution in [0.5, 0.6) is 0 Å². The van der Waals surface area contributed by atoms with E-state index in [0.717, 1.165) is 4.88 Å². The van der Waals surface area contributed by atoms with E-state index in [-0.39, 0.29) is 17.6 Å². The number of allylic oxidation sites excluding steroid dienone is 1. The number of amidine groups is 1. The molecule has 2 heterocycles. The van der Waals surface area contributed by atoms with Gasteiger partial charge in [-0.25, -0.2) is 9.79 Å². The molecule has 0 bridgehead atoms. The molecule has 6 nitrogen and oxygen atoms in total. The fraction of sp³-hybridized carbons (Fsp3) is 0.250. The summed E-state index contributed by atoms with van der Waals surface area (Å²) in [5, 5.41) is 8.90. The molecule has 152 valence electrons. The molecule has 0 saturated heterocycles. The lowest BCUT2D eigenvalue weighted by Gasteiger charge is -2.24. The van der Waals surface area contributed by atoms with Crippen molar-refractivity contribution in [2.45, 2.75) is 19.9 Å². The van der Waals surface area contributed by atoms with E-state index >= 15 is 0 Å². The number of thiophene rings is 1. The number of carbonyl (C=O) groups excluding carboxylic acids is 2. The predicted octanol–water partition coefficient (Wildman–Crippen LogP) is 4.61. The van der Waals surface area contributed by atoms with Crippen molar-refractivity contribution >= 4 is 57.4 Å². The fourth-order valence-electron chi connectivity index (χ4n) is 2.73. The molecule has 1 amide bonds. The van der Waals surface area contributed by atoms with Crippen LogP contribution in [-0.4, -0.2) is 29.4 Å². The van der Waals surface area contributed by atoms with Crippen molar-refractivity contribution in [1.29, 1.82) is 0 Å². The average molecular weight is 450 g/mol. The first kappa shape index (κ1) is 21.4. The lowest BCUT2D eigenvalue weighted by Crippen LogP contribution is -2.31. The van der Waals surface area contributed by atoms with Crippen LogP contribution in [-0.2, 0) is 14.3 Å². The number of benzene rings is 1. The number of thioether (sulfide) groups is 1. The summed E-state index contributed by atoms with van der Waals surface area (Å²) in [6, 6.07) is 10.5. The van der Waals surface area contributed by atoms with Gasteiger partial charge < -0.3 is 15.4 Å². The van der Waals surface area contributed by atoms with Crippen LogP contribution in [0.15, 0.2) is 58.0 Å². The summed E-state index contributed by atoms with van der Waals surface area (Å²) in [4.78, 5) is 30.4. The van der Waals surface area contributed by atoms with Crippen LogP contribution in [0, 0.1) is 0 Å². The number of rotatable bonds is 6. The van der Waals surface area contributed by atoms with Crippen LogP contribution >= 0.6 is 34.7 Å². The molecule has 0 spiro atoms. The number of amides is 1. The minimum absolute atomic E-state index is 0.149. The van der Waals surface area contributed by atoms with Gasteiger partial charge in [0.1, 0.15) is 6.04 Å². The summed E-state index contributed by atoms with van der Waals surface area (Å²) < 4.78 is 5.21. The Labute approximate surface area is 182 Å².